The van der Waals surface area contributed by atoms with E-state index in [0.717, 1.165) is 17.7 Å². The van der Waals surface area contributed by atoms with Crippen LogP contribution in [0.15, 0.2) is 54.6 Å². The van der Waals surface area contributed by atoms with Gasteiger partial charge in [0.1, 0.15) is 0 Å². The first-order valence-corrected chi connectivity index (χ1v) is 8.08. The molecule has 0 saturated carbocycles. The molecule has 2 aromatic rings. The van der Waals surface area contributed by atoms with Crippen LogP contribution in [0.25, 0.3) is 0 Å². The van der Waals surface area contributed by atoms with E-state index >= 15 is 0 Å². The lowest BCUT2D eigenvalue weighted by atomic mass is 9.75. The van der Waals surface area contributed by atoms with E-state index < -0.39 is 5.97 Å². The van der Waals surface area contributed by atoms with Crippen molar-refractivity contribution in [3.05, 3.63) is 76.3 Å². The van der Waals surface area contributed by atoms with Crippen molar-refractivity contribution in [1.29, 1.82) is 0 Å². The van der Waals surface area contributed by atoms with E-state index in [-0.39, 0.29) is 12.0 Å². The van der Waals surface area contributed by atoms with Crippen LogP contribution in [0.5, 0.6) is 0 Å². The lowest BCUT2D eigenvalue weighted by molar-refractivity contribution is 0.0695. The van der Waals surface area contributed by atoms with Crippen molar-refractivity contribution >= 4 is 23.3 Å². The standard InChI is InChI=1S/C19H16ClNO2/c20-15-10-9-14(19(22)23)16-12-7-4-8-13(12)17(21-18(15)16)11-5-2-1-3-6-11/h1-7,9-10,12-13,17,21H,8H2,(H,22,23)/t12-,13-,17+/m0/s1. The number of hydrogen-bond acceptors (Lipinski definition) is 2. The molecule has 0 radical (unpaired) electrons. The Labute approximate surface area is 139 Å². The van der Waals surface area contributed by atoms with E-state index in [4.69, 9.17) is 11.6 Å². The Morgan fingerprint density at radius 3 is 2.70 bits per heavy atom. The highest BCUT2D eigenvalue weighted by Gasteiger charge is 2.40. The number of benzene rings is 2. The maximum Gasteiger partial charge on any atom is 0.336 e. The molecule has 1 heterocycles. The van der Waals surface area contributed by atoms with Crippen LogP contribution in [0.2, 0.25) is 5.02 Å². The normalized spacial score (nSPS) is 24.7. The SMILES string of the molecule is O=C(O)c1ccc(Cl)c2c1[C@H]1C=CC[C@@H]1[C@@H](c1ccccc1)N2. The molecule has 3 atom stereocenters. The van der Waals surface area contributed by atoms with Crippen LogP contribution in [-0.4, -0.2) is 11.1 Å². The largest absolute Gasteiger partial charge is 0.478 e. The second kappa shape index (κ2) is 5.43. The Kier molecular flexibility index (Phi) is 3.38. The van der Waals surface area contributed by atoms with Gasteiger partial charge >= 0.3 is 5.97 Å². The third kappa shape index (κ3) is 2.23. The lowest BCUT2D eigenvalue weighted by Crippen LogP contribution is -2.30. The number of nitrogens with one attached hydrogen (secondary N) is 1. The molecule has 0 aromatic heterocycles. The van der Waals surface area contributed by atoms with Crippen LogP contribution in [0.3, 0.4) is 0 Å². The summed E-state index contributed by atoms with van der Waals surface area (Å²) in [6.07, 6.45) is 5.21. The van der Waals surface area contributed by atoms with E-state index in [9.17, 15) is 9.90 Å². The predicted octanol–water partition coefficient (Wildman–Crippen LogP) is 4.86. The van der Waals surface area contributed by atoms with Gasteiger partial charge in [-0.1, -0.05) is 54.1 Å². The van der Waals surface area contributed by atoms with Crippen molar-refractivity contribution in [3.63, 3.8) is 0 Å². The molecule has 1 aliphatic carbocycles. The topological polar surface area (TPSA) is 49.3 Å². The van der Waals surface area contributed by atoms with E-state index in [1.54, 1.807) is 12.1 Å². The van der Waals surface area contributed by atoms with Crippen molar-refractivity contribution < 1.29 is 9.90 Å². The molecule has 23 heavy (non-hydrogen) atoms. The quantitative estimate of drug-likeness (QED) is 0.775. The number of carboxylic acids is 1. The third-order valence-electron chi connectivity index (χ3n) is 4.86. The van der Waals surface area contributed by atoms with Gasteiger partial charge < -0.3 is 10.4 Å². The summed E-state index contributed by atoms with van der Waals surface area (Å²) in [4.78, 5) is 11.6. The summed E-state index contributed by atoms with van der Waals surface area (Å²) < 4.78 is 0. The van der Waals surface area contributed by atoms with Crippen LogP contribution >= 0.6 is 11.6 Å². The average Bonchev–Trinajstić information content (AvgIpc) is 3.05. The minimum absolute atomic E-state index is 0.0845. The molecule has 0 amide bonds. The molecule has 2 N–H and O–H groups in total. The fourth-order valence-electron chi connectivity index (χ4n) is 3.85. The Morgan fingerprint density at radius 2 is 1.96 bits per heavy atom. The number of allylic oxidation sites excluding steroid dienone is 2. The summed E-state index contributed by atoms with van der Waals surface area (Å²) in [5.41, 5.74) is 3.11. The fourth-order valence-corrected chi connectivity index (χ4v) is 4.07. The molecule has 2 aliphatic rings. The molecule has 0 unspecified atom stereocenters. The molecule has 0 fully saturated rings. The molecule has 4 heteroatoms. The van der Waals surface area contributed by atoms with E-state index in [0.29, 0.717) is 16.5 Å². The van der Waals surface area contributed by atoms with Crippen molar-refractivity contribution in [2.24, 2.45) is 5.92 Å². The number of carboxylic acid groups (broad SMARTS) is 1. The Hall–Kier alpha value is -2.26. The third-order valence-corrected chi connectivity index (χ3v) is 5.17. The number of halogens is 1. The maximum atomic E-state index is 11.6. The minimum atomic E-state index is -0.906. The first-order valence-electron chi connectivity index (χ1n) is 7.70. The molecule has 1 aliphatic heterocycles. The number of fused-ring (bicyclic) bond motifs is 3. The van der Waals surface area contributed by atoms with Gasteiger partial charge in [-0.2, -0.15) is 0 Å². The Bertz CT molecular complexity index is 801. The van der Waals surface area contributed by atoms with Gasteiger partial charge in [-0.15, -0.1) is 0 Å². The van der Waals surface area contributed by atoms with Crippen LogP contribution in [0, 0.1) is 5.92 Å². The minimum Gasteiger partial charge on any atom is -0.478 e. The summed E-state index contributed by atoms with van der Waals surface area (Å²) in [5.74, 6) is -0.514. The zero-order chi connectivity index (χ0) is 16.0. The average molecular weight is 326 g/mol. The van der Waals surface area contributed by atoms with E-state index in [1.165, 1.54) is 5.56 Å². The molecule has 116 valence electrons. The molecular weight excluding hydrogens is 310 g/mol. The molecule has 0 saturated heterocycles. The number of carbonyl (C=O) groups is 1. The summed E-state index contributed by atoms with van der Waals surface area (Å²) in [7, 11) is 0. The zero-order valence-electron chi connectivity index (χ0n) is 12.4. The molecule has 0 bridgehead atoms. The Balaban J connectivity index is 1.89. The van der Waals surface area contributed by atoms with Gasteiger partial charge in [0, 0.05) is 5.92 Å². The first-order chi connectivity index (χ1) is 11.2. The van der Waals surface area contributed by atoms with Crippen molar-refractivity contribution in [1.82, 2.24) is 0 Å². The van der Waals surface area contributed by atoms with Gasteiger partial charge in [0.15, 0.2) is 0 Å². The Morgan fingerprint density at radius 1 is 1.17 bits per heavy atom. The molecule has 0 spiro atoms. The van der Waals surface area contributed by atoms with Crippen LogP contribution in [-0.2, 0) is 0 Å². The molecular formula is C19H16ClNO2. The fraction of sp³-hybridized carbons (Fsp3) is 0.211. The van der Waals surface area contributed by atoms with Crippen molar-refractivity contribution in [2.75, 3.05) is 5.32 Å². The number of anilines is 1. The van der Waals surface area contributed by atoms with E-state index in [1.807, 2.05) is 18.2 Å². The monoisotopic (exact) mass is 325 g/mol. The van der Waals surface area contributed by atoms with Crippen LogP contribution in [0.1, 0.15) is 39.9 Å². The van der Waals surface area contributed by atoms with Crippen molar-refractivity contribution in [3.8, 4) is 0 Å². The summed E-state index contributed by atoms with van der Waals surface area (Å²) in [6.45, 7) is 0. The van der Waals surface area contributed by atoms with Gasteiger partial charge in [0.2, 0.25) is 0 Å². The summed E-state index contributed by atoms with van der Waals surface area (Å²) in [5, 5.41) is 13.6. The van der Waals surface area contributed by atoms with Crippen LogP contribution < -0.4 is 5.32 Å². The van der Waals surface area contributed by atoms with Gasteiger partial charge in [0.25, 0.3) is 0 Å². The molecule has 2 aromatic carbocycles. The van der Waals surface area contributed by atoms with Gasteiger partial charge in [0.05, 0.1) is 22.3 Å². The van der Waals surface area contributed by atoms with Crippen LogP contribution in [0.4, 0.5) is 5.69 Å². The highest BCUT2D eigenvalue weighted by atomic mass is 35.5. The molecule has 3 nitrogen and oxygen atoms in total. The molecule has 4 rings (SSSR count). The van der Waals surface area contributed by atoms with E-state index in [2.05, 4.69) is 29.6 Å². The first kappa shape index (κ1) is 14.3. The maximum absolute atomic E-state index is 11.6. The van der Waals surface area contributed by atoms with Gasteiger partial charge in [-0.3, -0.25) is 0 Å². The van der Waals surface area contributed by atoms with Gasteiger partial charge in [-0.25, -0.2) is 4.79 Å². The van der Waals surface area contributed by atoms with Crippen molar-refractivity contribution in [2.45, 2.75) is 18.4 Å². The smallest absolute Gasteiger partial charge is 0.336 e. The van der Waals surface area contributed by atoms with Gasteiger partial charge in [-0.05, 0) is 35.6 Å². The number of rotatable bonds is 2. The number of aromatic carboxylic acids is 1. The predicted molar refractivity (Wildman–Crippen MR) is 91.2 cm³/mol. The highest BCUT2D eigenvalue weighted by Crippen LogP contribution is 2.52. The second-order valence-corrected chi connectivity index (χ2v) is 6.48. The lowest BCUT2D eigenvalue weighted by Gasteiger charge is -2.38. The zero-order valence-corrected chi connectivity index (χ0v) is 13.1. The highest BCUT2D eigenvalue weighted by molar-refractivity contribution is 6.33. The summed E-state index contributed by atoms with van der Waals surface area (Å²) in [6, 6.07) is 13.7. The summed E-state index contributed by atoms with van der Waals surface area (Å²) >= 11 is 6.38. The second-order valence-electron chi connectivity index (χ2n) is 6.07. The number of hydrogen-bond donors (Lipinski definition) is 2.